The van der Waals surface area contributed by atoms with Gasteiger partial charge >= 0.3 is 5.97 Å². The summed E-state index contributed by atoms with van der Waals surface area (Å²) in [6.45, 7) is -0.645. The second-order valence-corrected chi connectivity index (χ2v) is 17.3. The summed E-state index contributed by atoms with van der Waals surface area (Å²) in [5.74, 6) is -1.09. The average molecular weight is 831 g/mol. The standard InChI is InChI=1S/C45H62N6O9/c46-32(12-7-27(24-53)8-13-39(55)56)3-1-4-33-30(11-10-29-20-28-9-6-26(15-18-52)19-31(28)21-35(29)33)22-37(49-38-5-2-17-48-38)36(23-40(57)58)41-34-14-16-45(60,25-54)43(59)42(34)51-44(47)50-41/h2,5-6,9,17-21,23-24,27,30,32-34,37,39,41-43,48-49,54-56,59-60H,1,3-4,7-8,10-16,22,25,46H2,(H,57,58)(H3,47,50,51)/b36-23-/t27-,30-,32+,33-,34+,37+,41-,42-,43-,45-/m0/s1. The molecule has 0 spiro atoms. The number of aliphatic carboxylic acids is 1. The van der Waals surface area contributed by atoms with Crippen LogP contribution in [-0.4, -0.2) is 109 Å². The zero-order chi connectivity index (χ0) is 43.0. The summed E-state index contributed by atoms with van der Waals surface area (Å²) >= 11 is 0. The van der Waals surface area contributed by atoms with Crippen molar-refractivity contribution in [3.63, 3.8) is 0 Å². The summed E-state index contributed by atoms with van der Waals surface area (Å²) in [5.41, 5.74) is 15.1. The number of aromatic amines is 1. The van der Waals surface area contributed by atoms with Gasteiger partial charge in [-0.15, -0.1) is 0 Å². The maximum atomic E-state index is 12.7. The number of aromatic nitrogens is 1. The number of hydrogen-bond donors (Lipinski definition) is 11. The molecule has 6 rings (SSSR count). The van der Waals surface area contributed by atoms with Gasteiger partial charge in [0.25, 0.3) is 0 Å². The van der Waals surface area contributed by atoms with E-state index in [4.69, 9.17) is 16.5 Å². The van der Waals surface area contributed by atoms with Crippen molar-refractivity contribution in [3.8, 4) is 0 Å². The third-order valence-electron chi connectivity index (χ3n) is 13.3. The van der Waals surface area contributed by atoms with E-state index in [0.717, 1.165) is 54.6 Å². The van der Waals surface area contributed by atoms with E-state index in [9.17, 15) is 45.0 Å². The van der Waals surface area contributed by atoms with E-state index in [0.29, 0.717) is 56.3 Å². The van der Waals surface area contributed by atoms with Crippen molar-refractivity contribution in [2.24, 2.45) is 34.2 Å². The largest absolute Gasteiger partial charge is 0.478 e. The molecule has 0 radical (unpaired) electrons. The van der Waals surface area contributed by atoms with Crippen molar-refractivity contribution in [3.05, 3.63) is 77.0 Å². The quantitative estimate of drug-likeness (QED) is 0.0419. The van der Waals surface area contributed by atoms with Crippen LogP contribution in [0, 0.1) is 17.8 Å². The Morgan fingerprint density at radius 1 is 1.05 bits per heavy atom. The molecule has 0 bridgehead atoms. The van der Waals surface area contributed by atoms with Crippen molar-refractivity contribution in [1.82, 2.24) is 10.3 Å². The van der Waals surface area contributed by atoms with Crippen LogP contribution >= 0.6 is 0 Å². The molecule has 0 unspecified atom stereocenters. The highest BCUT2D eigenvalue weighted by atomic mass is 16.5. The zero-order valence-electron chi connectivity index (χ0n) is 34.0. The number of carboxylic acids is 1. The molecular weight excluding hydrogens is 769 g/mol. The number of carbonyl (C=O) groups excluding carboxylic acids is 2. The second kappa shape index (κ2) is 20.3. The predicted molar refractivity (Wildman–Crippen MR) is 228 cm³/mol. The van der Waals surface area contributed by atoms with Crippen LogP contribution in [0.2, 0.25) is 0 Å². The molecular formula is C45H62N6O9. The predicted octanol–water partition coefficient (Wildman–Crippen LogP) is 2.77. The van der Waals surface area contributed by atoms with Crippen LogP contribution in [0.25, 0.3) is 10.8 Å². The molecule has 60 heavy (non-hydrogen) atoms. The summed E-state index contributed by atoms with van der Waals surface area (Å²) in [6.07, 6.45) is 8.80. The first-order chi connectivity index (χ1) is 28.8. The fourth-order valence-corrected chi connectivity index (χ4v) is 10.0. The van der Waals surface area contributed by atoms with Crippen LogP contribution in [0.4, 0.5) is 5.82 Å². The van der Waals surface area contributed by atoms with Crippen LogP contribution in [-0.2, 0) is 27.2 Å². The molecule has 10 atom stereocenters. The Morgan fingerprint density at radius 3 is 2.55 bits per heavy atom. The minimum Gasteiger partial charge on any atom is -0.478 e. The van der Waals surface area contributed by atoms with Crippen LogP contribution in [0.5, 0.6) is 0 Å². The number of aliphatic hydroxyl groups excluding tert-OH is 3. The first-order valence-corrected chi connectivity index (χ1v) is 21.3. The molecule has 0 saturated heterocycles. The van der Waals surface area contributed by atoms with Gasteiger partial charge < -0.3 is 67.3 Å². The number of benzene rings is 2. The third-order valence-corrected chi connectivity index (χ3v) is 13.3. The second-order valence-electron chi connectivity index (χ2n) is 17.3. The molecule has 1 aromatic heterocycles. The first-order valence-electron chi connectivity index (χ1n) is 21.3. The Labute approximate surface area is 350 Å². The van der Waals surface area contributed by atoms with Gasteiger partial charge in [0.15, 0.2) is 12.2 Å². The molecule has 1 fully saturated rings. The number of aliphatic imine (C=N–C) groups is 1. The zero-order valence-corrected chi connectivity index (χ0v) is 34.0. The van der Waals surface area contributed by atoms with E-state index in [1.807, 2.05) is 18.2 Å². The van der Waals surface area contributed by atoms with Crippen molar-refractivity contribution in [2.75, 3.05) is 11.9 Å². The minimum atomic E-state index is -1.75. The van der Waals surface area contributed by atoms with Gasteiger partial charge in [0, 0.05) is 36.6 Å². The maximum absolute atomic E-state index is 12.7. The average Bonchev–Trinajstić information content (AvgIpc) is 3.74. The molecule has 2 heterocycles. The molecule has 13 N–H and O–H groups in total. The van der Waals surface area contributed by atoms with Gasteiger partial charge in [0.2, 0.25) is 0 Å². The Kier molecular flexibility index (Phi) is 15.2. The van der Waals surface area contributed by atoms with E-state index in [2.05, 4.69) is 39.9 Å². The molecule has 3 aliphatic rings. The molecule has 3 aromatic rings. The number of aldehydes is 2. The van der Waals surface area contributed by atoms with Gasteiger partial charge in [-0.05, 0) is 128 Å². The summed E-state index contributed by atoms with van der Waals surface area (Å²) in [6, 6.07) is 12.1. The lowest BCUT2D eigenvalue weighted by Gasteiger charge is -2.49. The highest BCUT2D eigenvalue weighted by Crippen LogP contribution is 2.46. The summed E-state index contributed by atoms with van der Waals surface area (Å²) < 4.78 is 0. The van der Waals surface area contributed by atoms with Gasteiger partial charge in [-0.2, -0.15) is 0 Å². The van der Waals surface area contributed by atoms with Gasteiger partial charge in [0.05, 0.1) is 24.7 Å². The molecule has 326 valence electrons. The first kappa shape index (κ1) is 44.9. The van der Waals surface area contributed by atoms with Gasteiger partial charge in [-0.25, -0.2) is 9.79 Å². The SMILES string of the molecule is NC1=N[C@H](/C(=C\C(=O)O)[C@@H](C[C@@H]2CCc3cc4ccc(CC=O)cc4cc3[C@H]2CCC[C@@H](N)CC[C@H](C=O)CCC(O)O)Nc2ccc[nH]2)[C@H]2CC[C@](O)(CO)[C@@H](O)[C@H]2N1. The number of guanidine groups is 1. The number of hydrogen-bond acceptors (Lipinski definition) is 13. The number of carbonyl (C=O) groups is 3. The highest BCUT2D eigenvalue weighted by molar-refractivity contribution is 5.86. The van der Waals surface area contributed by atoms with E-state index in [1.54, 1.807) is 6.20 Å². The van der Waals surface area contributed by atoms with E-state index < -0.39 is 54.6 Å². The van der Waals surface area contributed by atoms with E-state index >= 15 is 0 Å². The summed E-state index contributed by atoms with van der Waals surface area (Å²) in [5, 5.41) is 70.1. The number of aryl methyl sites for hydroxylation is 1. The van der Waals surface area contributed by atoms with E-state index in [1.165, 1.54) is 17.2 Å². The molecule has 15 nitrogen and oxygen atoms in total. The lowest BCUT2D eigenvalue weighted by Crippen LogP contribution is -2.67. The van der Waals surface area contributed by atoms with Crippen LogP contribution < -0.4 is 22.1 Å². The molecule has 0 amide bonds. The number of nitrogens with two attached hydrogens (primary N) is 2. The third kappa shape index (κ3) is 10.8. The fraction of sp³-hybridized carbons (Fsp3) is 0.556. The van der Waals surface area contributed by atoms with Crippen molar-refractivity contribution in [1.29, 1.82) is 0 Å². The number of carboxylic acid groups (broad SMARTS) is 1. The Hall–Kier alpha value is -4.64. The molecule has 1 aliphatic heterocycles. The molecule has 2 aliphatic carbocycles. The lowest BCUT2D eigenvalue weighted by molar-refractivity contribution is -0.149. The number of nitrogens with one attached hydrogen (secondary N) is 3. The number of H-pyrrole nitrogens is 1. The van der Waals surface area contributed by atoms with Gasteiger partial charge in [0.1, 0.15) is 30.1 Å². The van der Waals surface area contributed by atoms with Crippen LogP contribution in [0.3, 0.4) is 0 Å². The highest BCUT2D eigenvalue weighted by Gasteiger charge is 2.52. The van der Waals surface area contributed by atoms with Gasteiger partial charge in [-0.3, -0.25) is 0 Å². The smallest absolute Gasteiger partial charge is 0.328 e. The van der Waals surface area contributed by atoms with Crippen LogP contribution in [0.1, 0.15) is 93.2 Å². The minimum absolute atomic E-state index is 0.00416. The monoisotopic (exact) mass is 830 g/mol. The Balaban J connectivity index is 1.32. The fourth-order valence-electron chi connectivity index (χ4n) is 10.0. The van der Waals surface area contributed by atoms with Crippen molar-refractivity contribution >= 4 is 41.1 Å². The molecule has 1 saturated carbocycles. The van der Waals surface area contributed by atoms with Crippen LogP contribution in [0.15, 0.2) is 65.3 Å². The summed E-state index contributed by atoms with van der Waals surface area (Å²) in [4.78, 5) is 43.8. The number of anilines is 1. The lowest BCUT2D eigenvalue weighted by atomic mass is 9.66. The number of nitrogens with zero attached hydrogens (tertiary/aromatic N) is 1. The topological polar surface area (TPSA) is 277 Å². The number of rotatable bonds is 21. The molecule has 15 heteroatoms. The Bertz CT molecular complexity index is 1990. The van der Waals surface area contributed by atoms with E-state index in [-0.39, 0.29) is 42.6 Å². The summed E-state index contributed by atoms with van der Waals surface area (Å²) in [7, 11) is 0. The Morgan fingerprint density at radius 2 is 1.85 bits per heavy atom. The normalized spacial score (nSPS) is 26.9. The van der Waals surface area contributed by atoms with Gasteiger partial charge in [-0.1, -0.05) is 36.8 Å². The molecule has 2 aromatic carbocycles. The van der Waals surface area contributed by atoms with Crippen molar-refractivity contribution < 1.29 is 45.0 Å². The van der Waals surface area contributed by atoms with Crippen molar-refractivity contribution in [2.45, 2.75) is 132 Å². The number of aliphatic hydroxyl groups is 5. The maximum Gasteiger partial charge on any atom is 0.328 e. The number of fused-ring (bicyclic) bond motifs is 3.